The van der Waals surface area contributed by atoms with E-state index in [-0.39, 0.29) is 19.8 Å². The van der Waals surface area contributed by atoms with E-state index < -0.39 is 35.2 Å². The summed E-state index contributed by atoms with van der Waals surface area (Å²) in [6.45, 7) is 5.46. The summed E-state index contributed by atoms with van der Waals surface area (Å²) in [4.78, 5) is 36.2. The van der Waals surface area contributed by atoms with Gasteiger partial charge in [-0.1, -0.05) is 20.8 Å². The second-order valence-electron chi connectivity index (χ2n) is 5.66. The third-order valence-electron chi connectivity index (χ3n) is 3.10. The topological polar surface area (TPSA) is 110 Å². The van der Waals surface area contributed by atoms with Crippen LogP contribution in [0.3, 0.4) is 0 Å². The minimum Gasteiger partial charge on any atom is -0.481 e. The molecule has 2 unspecified atom stereocenters. The minimum absolute atomic E-state index is 0.0115. The first kappa shape index (κ1) is 15.4. The van der Waals surface area contributed by atoms with Crippen LogP contribution >= 0.6 is 0 Å². The zero-order valence-electron chi connectivity index (χ0n) is 11.4. The Kier molecular flexibility index (Phi) is 4.52. The van der Waals surface area contributed by atoms with Crippen LogP contribution < -0.4 is 5.73 Å². The molecule has 0 bridgehead atoms. The number of ether oxygens (including phenoxy) is 1. The zero-order valence-corrected chi connectivity index (χ0v) is 11.4. The molecule has 1 saturated heterocycles. The van der Waals surface area contributed by atoms with Crippen LogP contribution in [0.5, 0.6) is 0 Å². The van der Waals surface area contributed by atoms with Gasteiger partial charge in [0.2, 0.25) is 11.8 Å². The maximum Gasteiger partial charge on any atom is 0.316 e. The number of nitrogens with zero attached hydrogens (tertiary/aromatic N) is 1. The Hall–Kier alpha value is -1.63. The maximum atomic E-state index is 12.4. The summed E-state index contributed by atoms with van der Waals surface area (Å²) in [5.74, 6) is -3.70. The summed E-state index contributed by atoms with van der Waals surface area (Å²) in [6, 6.07) is -0.898. The summed E-state index contributed by atoms with van der Waals surface area (Å²) >= 11 is 0. The molecule has 2 atom stereocenters. The fourth-order valence-electron chi connectivity index (χ4n) is 2.12. The van der Waals surface area contributed by atoms with Crippen LogP contribution in [-0.2, 0) is 19.1 Å². The predicted molar refractivity (Wildman–Crippen MR) is 66.1 cm³/mol. The number of aliphatic carboxylic acids is 1. The van der Waals surface area contributed by atoms with Gasteiger partial charge in [0.25, 0.3) is 0 Å². The molecule has 0 aromatic heterocycles. The minimum atomic E-state index is -1.22. The Morgan fingerprint density at radius 3 is 2.37 bits per heavy atom. The lowest BCUT2D eigenvalue weighted by Gasteiger charge is -2.37. The average molecular weight is 272 g/mol. The second kappa shape index (κ2) is 5.56. The van der Waals surface area contributed by atoms with E-state index in [0.29, 0.717) is 0 Å². The Morgan fingerprint density at radius 1 is 1.37 bits per heavy atom. The van der Waals surface area contributed by atoms with Gasteiger partial charge in [-0.15, -0.1) is 0 Å². The highest BCUT2D eigenvalue weighted by molar-refractivity contribution is 5.99. The van der Waals surface area contributed by atoms with Crippen molar-refractivity contribution in [1.82, 2.24) is 4.90 Å². The first-order valence-corrected chi connectivity index (χ1v) is 6.06. The fourth-order valence-corrected chi connectivity index (χ4v) is 2.12. The van der Waals surface area contributed by atoms with Crippen LogP contribution in [0.4, 0.5) is 0 Å². The molecule has 2 amide bonds. The number of carboxylic acids is 1. The highest BCUT2D eigenvalue weighted by Gasteiger charge is 2.43. The number of primary amides is 1. The van der Waals surface area contributed by atoms with Crippen molar-refractivity contribution in [1.29, 1.82) is 0 Å². The molecule has 1 aliphatic heterocycles. The summed E-state index contributed by atoms with van der Waals surface area (Å²) in [5.41, 5.74) is 4.47. The Balaban J connectivity index is 3.01. The van der Waals surface area contributed by atoms with Crippen LogP contribution in [0.15, 0.2) is 0 Å². The van der Waals surface area contributed by atoms with Gasteiger partial charge in [-0.3, -0.25) is 14.4 Å². The molecule has 0 saturated carbocycles. The highest BCUT2D eigenvalue weighted by Crippen LogP contribution is 2.29. The number of carboxylic acid groups (broad SMARTS) is 1. The van der Waals surface area contributed by atoms with Gasteiger partial charge in [0.1, 0.15) is 12.0 Å². The van der Waals surface area contributed by atoms with Gasteiger partial charge in [0, 0.05) is 6.54 Å². The third-order valence-corrected chi connectivity index (χ3v) is 3.10. The van der Waals surface area contributed by atoms with Crippen molar-refractivity contribution >= 4 is 17.8 Å². The molecule has 1 rings (SSSR count). The first-order valence-electron chi connectivity index (χ1n) is 6.06. The number of morpholine rings is 1. The standard InChI is InChI=1S/C12H20N2O5/c1-12(2,3)8(11(17)18)10(16)14-4-5-19-6-7(14)9(13)15/h7-8H,4-6H2,1-3H3,(H2,13,15)(H,17,18). The SMILES string of the molecule is CC(C)(C)C(C(=O)O)C(=O)N1CCOCC1C(N)=O. The molecule has 0 aromatic rings. The van der Waals surface area contributed by atoms with E-state index in [1.807, 2.05) is 0 Å². The van der Waals surface area contributed by atoms with Gasteiger partial charge in [-0.05, 0) is 5.41 Å². The number of carbonyl (C=O) groups excluding carboxylic acids is 2. The second-order valence-corrected chi connectivity index (χ2v) is 5.66. The summed E-state index contributed by atoms with van der Waals surface area (Å²) < 4.78 is 5.11. The Morgan fingerprint density at radius 2 is 1.95 bits per heavy atom. The molecule has 0 spiro atoms. The molecule has 1 heterocycles. The van der Waals surface area contributed by atoms with Crippen LogP contribution in [0.2, 0.25) is 0 Å². The van der Waals surface area contributed by atoms with E-state index in [2.05, 4.69) is 0 Å². The Bertz CT molecular complexity index is 388. The third kappa shape index (κ3) is 3.44. The van der Waals surface area contributed by atoms with Crippen LogP contribution in [-0.4, -0.2) is 53.6 Å². The summed E-state index contributed by atoms with van der Waals surface area (Å²) in [7, 11) is 0. The number of hydrogen-bond donors (Lipinski definition) is 2. The largest absolute Gasteiger partial charge is 0.481 e. The molecule has 19 heavy (non-hydrogen) atoms. The van der Waals surface area contributed by atoms with Gasteiger partial charge in [0.05, 0.1) is 13.2 Å². The smallest absolute Gasteiger partial charge is 0.316 e. The van der Waals surface area contributed by atoms with E-state index in [9.17, 15) is 19.5 Å². The van der Waals surface area contributed by atoms with E-state index in [1.54, 1.807) is 20.8 Å². The van der Waals surface area contributed by atoms with Crippen molar-refractivity contribution in [3.63, 3.8) is 0 Å². The predicted octanol–water partition coefficient (Wildman–Crippen LogP) is -0.554. The average Bonchev–Trinajstić information content (AvgIpc) is 2.26. The quantitative estimate of drug-likeness (QED) is 0.669. The Labute approximate surface area is 111 Å². The molecular formula is C12H20N2O5. The normalized spacial score (nSPS) is 21.8. The molecule has 7 nitrogen and oxygen atoms in total. The first-order chi connectivity index (χ1) is 8.66. The summed E-state index contributed by atoms with van der Waals surface area (Å²) in [6.07, 6.45) is 0. The van der Waals surface area contributed by atoms with Crippen molar-refractivity contribution in [3.05, 3.63) is 0 Å². The van der Waals surface area contributed by atoms with Crippen molar-refractivity contribution in [2.75, 3.05) is 19.8 Å². The van der Waals surface area contributed by atoms with E-state index in [0.717, 1.165) is 0 Å². The number of nitrogens with two attached hydrogens (primary N) is 1. The van der Waals surface area contributed by atoms with Crippen molar-refractivity contribution in [2.45, 2.75) is 26.8 Å². The number of carbonyl (C=O) groups is 3. The van der Waals surface area contributed by atoms with Crippen molar-refractivity contribution in [2.24, 2.45) is 17.1 Å². The molecule has 3 N–H and O–H groups in total. The molecule has 7 heteroatoms. The maximum absolute atomic E-state index is 12.4. The molecule has 1 fully saturated rings. The number of rotatable bonds is 3. The van der Waals surface area contributed by atoms with Crippen LogP contribution in [0, 0.1) is 11.3 Å². The van der Waals surface area contributed by atoms with E-state index in [4.69, 9.17) is 10.5 Å². The van der Waals surface area contributed by atoms with Gasteiger partial charge in [0.15, 0.2) is 0 Å². The molecular weight excluding hydrogens is 252 g/mol. The van der Waals surface area contributed by atoms with Gasteiger partial charge in [-0.25, -0.2) is 0 Å². The molecule has 108 valence electrons. The van der Waals surface area contributed by atoms with E-state index >= 15 is 0 Å². The lowest BCUT2D eigenvalue weighted by molar-refractivity contribution is -0.163. The van der Waals surface area contributed by atoms with Crippen LogP contribution in [0.25, 0.3) is 0 Å². The number of amides is 2. The summed E-state index contributed by atoms with van der Waals surface area (Å²) in [5, 5.41) is 9.24. The van der Waals surface area contributed by atoms with Crippen molar-refractivity contribution in [3.8, 4) is 0 Å². The zero-order chi connectivity index (χ0) is 14.8. The molecule has 1 aliphatic rings. The lowest BCUT2D eigenvalue weighted by atomic mass is 9.79. The van der Waals surface area contributed by atoms with Gasteiger partial charge >= 0.3 is 5.97 Å². The highest BCUT2D eigenvalue weighted by atomic mass is 16.5. The van der Waals surface area contributed by atoms with E-state index in [1.165, 1.54) is 4.90 Å². The molecule has 0 radical (unpaired) electrons. The van der Waals surface area contributed by atoms with Crippen molar-refractivity contribution < 1.29 is 24.2 Å². The van der Waals surface area contributed by atoms with Crippen LogP contribution in [0.1, 0.15) is 20.8 Å². The fraction of sp³-hybridized carbons (Fsp3) is 0.750. The molecule has 0 aromatic carbocycles. The van der Waals surface area contributed by atoms with Gasteiger partial charge in [-0.2, -0.15) is 0 Å². The molecule has 0 aliphatic carbocycles. The van der Waals surface area contributed by atoms with Gasteiger partial charge < -0.3 is 20.5 Å². The number of hydrogen-bond acceptors (Lipinski definition) is 4. The lowest BCUT2D eigenvalue weighted by Crippen LogP contribution is -2.58. The monoisotopic (exact) mass is 272 g/mol.